The number of hydrogen-bond acceptors (Lipinski definition) is 5. The van der Waals surface area contributed by atoms with Crippen molar-refractivity contribution in [1.29, 1.82) is 0 Å². The van der Waals surface area contributed by atoms with Gasteiger partial charge in [0.05, 0.1) is 19.4 Å². The van der Waals surface area contributed by atoms with Gasteiger partial charge >= 0.3 is 0 Å². The quantitative estimate of drug-likeness (QED) is 0.813. The van der Waals surface area contributed by atoms with Crippen LogP contribution in [0.2, 0.25) is 0 Å². The summed E-state index contributed by atoms with van der Waals surface area (Å²) in [7, 11) is 1.72. The average Bonchev–Trinajstić information content (AvgIpc) is 2.85. The minimum Gasteiger partial charge on any atom is -0.501 e. The largest absolute Gasteiger partial charge is 0.501 e. The molecule has 26 heavy (non-hydrogen) atoms. The lowest BCUT2D eigenvalue weighted by Crippen LogP contribution is -2.51. The third kappa shape index (κ3) is 4.38. The van der Waals surface area contributed by atoms with Crippen molar-refractivity contribution in [3.63, 3.8) is 0 Å². The maximum Gasteiger partial charge on any atom is 0.243 e. The van der Waals surface area contributed by atoms with Crippen molar-refractivity contribution < 1.29 is 9.53 Å². The molecule has 1 saturated heterocycles. The Morgan fingerprint density at radius 2 is 1.96 bits per heavy atom. The van der Waals surface area contributed by atoms with Crippen LogP contribution in [-0.2, 0) is 9.53 Å². The van der Waals surface area contributed by atoms with E-state index in [2.05, 4.69) is 46.9 Å². The second-order valence-electron chi connectivity index (χ2n) is 6.94. The topological polar surface area (TPSA) is 58.6 Å². The van der Waals surface area contributed by atoms with E-state index in [0.29, 0.717) is 25.0 Å². The van der Waals surface area contributed by atoms with Gasteiger partial charge in [0.25, 0.3) is 0 Å². The van der Waals surface area contributed by atoms with E-state index in [1.165, 1.54) is 11.1 Å². The lowest BCUT2D eigenvalue weighted by molar-refractivity contribution is -0.121. The predicted octanol–water partition coefficient (Wildman–Crippen LogP) is 2.57. The van der Waals surface area contributed by atoms with E-state index in [9.17, 15) is 4.79 Å². The number of anilines is 1. The highest BCUT2D eigenvalue weighted by Gasteiger charge is 2.27. The van der Waals surface area contributed by atoms with Crippen LogP contribution in [-0.4, -0.2) is 54.1 Å². The third-order valence-corrected chi connectivity index (χ3v) is 4.69. The van der Waals surface area contributed by atoms with Crippen LogP contribution in [0.3, 0.4) is 0 Å². The zero-order chi connectivity index (χ0) is 18.5. The highest BCUT2D eigenvalue weighted by atomic mass is 16.5. The molecule has 0 saturated carbocycles. The van der Waals surface area contributed by atoms with Crippen LogP contribution in [0, 0.1) is 5.92 Å². The van der Waals surface area contributed by atoms with Gasteiger partial charge in [0.15, 0.2) is 0 Å². The second kappa shape index (κ2) is 8.27. The van der Waals surface area contributed by atoms with E-state index in [1.54, 1.807) is 30.5 Å². The van der Waals surface area contributed by atoms with E-state index >= 15 is 0 Å². The van der Waals surface area contributed by atoms with Crippen molar-refractivity contribution >= 4 is 11.9 Å². The number of carbonyl (C=O) groups is 1. The summed E-state index contributed by atoms with van der Waals surface area (Å²) in [6.45, 7) is 6.90. The summed E-state index contributed by atoms with van der Waals surface area (Å²) < 4.78 is 5.54. The molecule has 138 valence electrons. The van der Waals surface area contributed by atoms with Gasteiger partial charge in [-0.15, -0.1) is 0 Å². The third-order valence-electron chi connectivity index (χ3n) is 4.69. The van der Waals surface area contributed by atoms with Crippen molar-refractivity contribution in [1.82, 2.24) is 14.9 Å². The van der Waals surface area contributed by atoms with Crippen LogP contribution in [0.1, 0.15) is 20.3 Å². The maximum absolute atomic E-state index is 12.5. The maximum atomic E-state index is 12.5. The summed E-state index contributed by atoms with van der Waals surface area (Å²) in [5.74, 6) is 1.95. The van der Waals surface area contributed by atoms with Gasteiger partial charge in [0.1, 0.15) is 0 Å². The Morgan fingerprint density at radius 3 is 2.62 bits per heavy atom. The Balaban J connectivity index is 1.65. The summed E-state index contributed by atoms with van der Waals surface area (Å²) >= 11 is 0. The van der Waals surface area contributed by atoms with Crippen LogP contribution < -0.4 is 4.90 Å². The van der Waals surface area contributed by atoms with Crippen LogP contribution in [0.25, 0.3) is 0 Å². The van der Waals surface area contributed by atoms with Crippen molar-refractivity contribution in [3.8, 4) is 0 Å². The molecule has 1 aliphatic carbocycles. The van der Waals surface area contributed by atoms with Gasteiger partial charge in [-0.1, -0.05) is 26.0 Å². The summed E-state index contributed by atoms with van der Waals surface area (Å²) in [5.41, 5.74) is 2.52. The Bertz CT molecular complexity index is 737. The number of ether oxygens (including phenoxy) is 1. The van der Waals surface area contributed by atoms with E-state index in [0.717, 1.165) is 25.3 Å². The Hall–Kier alpha value is -2.47. The lowest BCUT2D eigenvalue weighted by Gasteiger charge is -2.33. The van der Waals surface area contributed by atoms with Crippen LogP contribution in [0.4, 0.5) is 5.95 Å². The van der Waals surface area contributed by atoms with Crippen molar-refractivity contribution in [2.75, 3.05) is 38.2 Å². The first-order valence-corrected chi connectivity index (χ1v) is 9.00. The molecule has 2 heterocycles. The molecular weight excluding hydrogens is 328 g/mol. The molecule has 1 fully saturated rings. The van der Waals surface area contributed by atoms with Gasteiger partial charge in [0.2, 0.25) is 11.9 Å². The normalized spacial score (nSPS) is 19.0. The molecule has 2 aliphatic rings. The van der Waals surface area contributed by atoms with Crippen molar-refractivity contribution in [2.45, 2.75) is 20.3 Å². The fraction of sp³-hybridized carbons (Fsp3) is 0.450. The number of rotatable bonds is 5. The highest BCUT2D eigenvalue weighted by molar-refractivity contribution is 5.93. The SMILES string of the molecule is COC1=CC(C(C)C)=CC=C(CN2CCN(c3ncccn3)C(=O)C2)C1. The standard InChI is InChI=1S/C20H26N4O2/c1-15(2)17-6-5-16(11-18(12-17)26-3)13-23-9-10-24(19(25)14-23)20-21-7-4-8-22-20/h4-8,12,15H,9-11,13-14H2,1-3H3. The minimum atomic E-state index is 0.0394. The molecule has 0 radical (unpaired) electrons. The smallest absolute Gasteiger partial charge is 0.243 e. The molecular formula is C20H26N4O2. The first-order chi connectivity index (χ1) is 12.6. The van der Waals surface area contributed by atoms with Gasteiger partial charge in [-0.2, -0.15) is 0 Å². The minimum absolute atomic E-state index is 0.0394. The molecule has 1 amide bonds. The molecule has 0 N–H and O–H groups in total. The van der Waals surface area contributed by atoms with Crippen molar-refractivity contribution in [3.05, 3.63) is 53.6 Å². The molecule has 6 heteroatoms. The first-order valence-electron chi connectivity index (χ1n) is 9.00. The van der Waals surface area contributed by atoms with E-state index in [1.807, 2.05) is 0 Å². The molecule has 6 nitrogen and oxygen atoms in total. The van der Waals surface area contributed by atoms with E-state index in [-0.39, 0.29) is 5.91 Å². The van der Waals surface area contributed by atoms with Crippen LogP contribution >= 0.6 is 0 Å². The molecule has 0 bridgehead atoms. The summed E-state index contributed by atoms with van der Waals surface area (Å²) in [6, 6.07) is 1.75. The average molecular weight is 354 g/mol. The molecule has 1 aromatic heterocycles. The number of allylic oxidation sites excluding steroid dienone is 5. The van der Waals surface area contributed by atoms with Crippen molar-refractivity contribution in [2.24, 2.45) is 5.92 Å². The zero-order valence-electron chi connectivity index (χ0n) is 15.7. The Morgan fingerprint density at radius 1 is 1.19 bits per heavy atom. The molecule has 0 aromatic carbocycles. The molecule has 1 aromatic rings. The number of amides is 1. The number of aromatic nitrogens is 2. The molecule has 0 unspecified atom stereocenters. The summed E-state index contributed by atoms with van der Waals surface area (Å²) in [4.78, 5) is 24.7. The number of methoxy groups -OCH3 is 1. The van der Waals surface area contributed by atoms with E-state index in [4.69, 9.17) is 4.74 Å². The zero-order valence-corrected chi connectivity index (χ0v) is 15.7. The van der Waals surface area contributed by atoms with Gasteiger partial charge in [0, 0.05) is 38.4 Å². The van der Waals surface area contributed by atoms with E-state index < -0.39 is 0 Å². The van der Waals surface area contributed by atoms with Gasteiger partial charge < -0.3 is 4.74 Å². The Labute approximate surface area is 154 Å². The monoisotopic (exact) mass is 354 g/mol. The number of carbonyl (C=O) groups excluding carboxylic acids is 1. The second-order valence-corrected chi connectivity index (χ2v) is 6.94. The first kappa shape index (κ1) is 18.3. The molecule has 0 atom stereocenters. The fourth-order valence-electron chi connectivity index (χ4n) is 3.17. The number of nitrogens with zero attached hydrogens (tertiary/aromatic N) is 4. The molecule has 3 rings (SSSR count). The van der Waals surface area contributed by atoms with Crippen LogP contribution in [0.5, 0.6) is 0 Å². The predicted molar refractivity (Wildman–Crippen MR) is 102 cm³/mol. The van der Waals surface area contributed by atoms with Gasteiger partial charge in [-0.05, 0) is 29.2 Å². The van der Waals surface area contributed by atoms with Gasteiger partial charge in [-0.3, -0.25) is 14.6 Å². The highest BCUT2D eigenvalue weighted by Crippen LogP contribution is 2.24. The van der Waals surface area contributed by atoms with Crippen LogP contribution in [0.15, 0.2) is 53.6 Å². The fourth-order valence-corrected chi connectivity index (χ4v) is 3.17. The molecule has 0 spiro atoms. The Kier molecular flexibility index (Phi) is 5.83. The number of hydrogen-bond donors (Lipinski definition) is 0. The summed E-state index contributed by atoms with van der Waals surface area (Å²) in [6.07, 6.45) is 10.6. The molecule has 1 aliphatic heterocycles. The van der Waals surface area contributed by atoms with Gasteiger partial charge in [-0.25, -0.2) is 9.97 Å². The lowest BCUT2D eigenvalue weighted by atomic mass is 10.0. The summed E-state index contributed by atoms with van der Waals surface area (Å²) in [5, 5.41) is 0. The number of piperazine rings is 1.